The smallest absolute Gasteiger partial charge is 0.191 e. The van der Waals surface area contributed by atoms with Crippen LogP contribution in [0.5, 0.6) is 0 Å². The summed E-state index contributed by atoms with van der Waals surface area (Å²) < 4.78 is 0. The molecule has 0 radical (unpaired) electrons. The second-order valence-electron chi connectivity index (χ2n) is 5.58. The number of nitrogens with zero attached hydrogens (tertiary/aromatic N) is 3. The van der Waals surface area contributed by atoms with E-state index in [2.05, 4.69) is 49.7 Å². The van der Waals surface area contributed by atoms with Crippen LogP contribution >= 0.6 is 0 Å². The number of hydrogen-bond donors (Lipinski definition) is 1. The van der Waals surface area contributed by atoms with Gasteiger partial charge in [0.05, 0.1) is 12.6 Å². The van der Waals surface area contributed by atoms with E-state index >= 15 is 0 Å². The van der Waals surface area contributed by atoms with E-state index in [-0.39, 0.29) is 5.41 Å². The Morgan fingerprint density at radius 2 is 2.07 bits per heavy atom. The fraction of sp³-hybridized carbons (Fsp3) is 0.909. The van der Waals surface area contributed by atoms with E-state index in [1.165, 1.54) is 0 Å². The lowest BCUT2D eigenvalue weighted by Crippen LogP contribution is -2.49. The first-order chi connectivity index (χ1) is 6.82. The van der Waals surface area contributed by atoms with Gasteiger partial charge in [-0.25, -0.2) is 0 Å². The summed E-state index contributed by atoms with van der Waals surface area (Å²) in [5.41, 5.74) is 6.14. The lowest BCUT2D eigenvalue weighted by atomic mass is 9.86. The Kier molecular flexibility index (Phi) is 3.60. The Balaban J connectivity index is 2.61. The SMILES string of the molecule is CN(C)CCN1C(N)=NCC1C(C)(C)C. The van der Waals surface area contributed by atoms with Crippen LogP contribution in [0.25, 0.3) is 0 Å². The van der Waals surface area contributed by atoms with Crippen LogP contribution in [0.3, 0.4) is 0 Å². The fourth-order valence-electron chi connectivity index (χ4n) is 1.85. The molecule has 0 aromatic rings. The molecule has 0 spiro atoms. The maximum absolute atomic E-state index is 5.91. The summed E-state index contributed by atoms with van der Waals surface area (Å²) in [5.74, 6) is 0.705. The van der Waals surface area contributed by atoms with Crippen LogP contribution in [-0.2, 0) is 0 Å². The molecule has 0 saturated heterocycles. The van der Waals surface area contributed by atoms with Gasteiger partial charge in [0.1, 0.15) is 0 Å². The summed E-state index contributed by atoms with van der Waals surface area (Å²) in [7, 11) is 4.16. The van der Waals surface area contributed by atoms with Crippen molar-refractivity contribution < 1.29 is 0 Å². The number of aliphatic imine (C=N–C) groups is 1. The quantitative estimate of drug-likeness (QED) is 0.745. The third kappa shape index (κ3) is 3.09. The minimum absolute atomic E-state index is 0.233. The highest BCUT2D eigenvalue weighted by atomic mass is 15.3. The zero-order valence-electron chi connectivity index (χ0n) is 10.6. The molecule has 1 aliphatic rings. The minimum atomic E-state index is 0.233. The van der Waals surface area contributed by atoms with Gasteiger partial charge in [0.2, 0.25) is 0 Å². The van der Waals surface area contributed by atoms with Gasteiger partial charge in [-0.3, -0.25) is 4.99 Å². The molecule has 2 N–H and O–H groups in total. The van der Waals surface area contributed by atoms with Crippen molar-refractivity contribution in [1.29, 1.82) is 0 Å². The van der Waals surface area contributed by atoms with Gasteiger partial charge in [-0.05, 0) is 19.5 Å². The summed E-state index contributed by atoms with van der Waals surface area (Å²) in [6, 6.07) is 0.442. The summed E-state index contributed by atoms with van der Waals surface area (Å²) in [5, 5.41) is 0. The van der Waals surface area contributed by atoms with Crippen LogP contribution in [0.2, 0.25) is 0 Å². The number of rotatable bonds is 3. The molecular weight excluding hydrogens is 188 g/mol. The summed E-state index contributed by atoms with van der Waals surface area (Å²) in [6.07, 6.45) is 0. The van der Waals surface area contributed by atoms with Crippen molar-refractivity contribution >= 4 is 5.96 Å². The molecule has 0 aromatic heterocycles. The molecule has 1 aliphatic heterocycles. The highest BCUT2D eigenvalue weighted by Gasteiger charge is 2.34. The fourth-order valence-corrected chi connectivity index (χ4v) is 1.85. The van der Waals surface area contributed by atoms with Crippen molar-refractivity contribution in [3.63, 3.8) is 0 Å². The molecular formula is C11H24N4. The monoisotopic (exact) mass is 212 g/mol. The zero-order chi connectivity index (χ0) is 11.6. The molecule has 0 saturated carbocycles. The summed E-state index contributed by atoms with van der Waals surface area (Å²) in [4.78, 5) is 8.75. The van der Waals surface area contributed by atoms with E-state index in [0.717, 1.165) is 19.6 Å². The first kappa shape index (κ1) is 12.3. The van der Waals surface area contributed by atoms with Crippen LogP contribution in [0, 0.1) is 5.41 Å². The normalized spacial score (nSPS) is 22.4. The van der Waals surface area contributed by atoms with Gasteiger partial charge in [0.15, 0.2) is 5.96 Å². The molecule has 0 aliphatic carbocycles. The topological polar surface area (TPSA) is 44.9 Å². The molecule has 0 amide bonds. The molecule has 4 nitrogen and oxygen atoms in total. The van der Waals surface area contributed by atoms with Crippen LogP contribution in [0.1, 0.15) is 20.8 Å². The molecule has 1 atom stereocenters. The molecule has 0 bridgehead atoms. The minimum Gasteiger partial charge on any atom is -0.370 e. The van der Waals surface area contributed by atoms with E-state index in [4.69, 9.17) is 5.73 Å². The van der Waals surface area contributed by atoms with Crippen LogP contribution in [0.4, 0.5) is 0 Å². The maximum Gasteiger partial charge on any atom is 0.191 e. The number of hydrogen-bond acceptors (Lipinski definition) is 4. The van der Waals surface area contributed by atoms with Gasteiger partial charge in [0, 0.05) is 13.1 Å². The highest BCUT2D eigenvalue weighted by molar-refractivity contribution is 5.80. The van der Waals surface area contributed by atoms with Gasteiger partial charge in [-0.1, -0.05) is 20.8 Å². The molecule has 1 rings (SSSR count). The van der Waals surface area contributed by atoms with Crippen molar-refractivity contribution in [3.05, 3.63) is 0 Å². The Bertz CT molecular complexity index is 239. The molecule has 1 heterocycles. The van der Waals surface area contributed by atoms with Crippen molar-refractivity contribution in [2.24, 2.45) is 16.1 Å². The molecule has 0 aromatic carbocycles. The average molecular weight is 212 g/mol. The number of likely N-dealkylation sites (N-methyl/N-ethyl adjacent to an activating group) is 1. The summed E-state index contributed by atoms with van der Waals surface area (Å²) in [6.45, 7) is 9.55. The van der Waals surface area contributed by atoms with E-state index in [1.54, 1.807) is 0 Å². The number of guanidine groups is 1. The number of nitrogens with two attached hydrogens (primary N) is 1. The van der Waals surface area contributed by atoms with Gasteiger partial charge < -0.3 is 15.5 Å². The second kappa shape index (κ2) is 4.39. The lowest BCUT2D eigenvalue weighted by Gasteiger charge is -2.36. The molecule has 88 valence electrons. The lowest BCUT2D eigenvalue weighted by molar-refractivity contribution is 0.178. The first-order valence-corrected chi connectivity index (χ1v) is 5.53. The second-order valence-corrected chi connectivity index (χ2v) is 5.58. The third-order valence-corrected chi connectivity index (χ3v) is 2.88. The Morgan fingerprint density at radius 1 is 1.47 bits per heavy atom. The molecule has 4 heteroatoms. The van der Waals surface area contributed by atoms with Crippen LogP contribution < -0.4 is 5.73 Å². The maximum atomic E-state index is 5.91. The van der Waals surface area contributed by atoms with Gasteiger partial charge in [-0.2, -0.15) is 0 Å². The Morgan fingerprint density at radius 3 is 2.53 bits per heavy atom. The predicted molar refractivity (Wildman–Crippen MR) is 65.0 cm³/mol. The Hall–Kier alpha value is -0.770. The van der Waals surface area contributed by atoms with Crippen molar-refractivity contribution in [2.75, 3.05) is 33.7 Å². The third-order valence-electron chi connectivity index (χ3n) is 2.88. The standard InChI is InChI=1S/C11H24N4/c1-11(2,3)9-8-13-10(12)15(9)7-6-14(4)5/h9H,6-8H2,1-5H3,(H2,12,13). The highest BCUT2D eigenvalue weighted by Crippen LogP contribution is 2.27. The summed E-state index contributed by atoms with van der Waals surface area (Å²) >= 11 is 0. The van der Waals surface area contributed by atoms with E-state index in [0.29, 0.717) is 12.0 Å². The van der Waals surface area contributed by atoms with Gasteiger partial charge in [0.25, 0.3) is 0 Å². The van der Waals surface area contributed by atoms with Gasteiger partial charge >= 0.3 is 0 Å². The molecule has 0 fully saturated rings. The zero-order valence-corrected chi connectivity index (χ0v) is 10.6. The van der Waals surface area contributed by atoms with Crippen molar-refractivity contribution in [3.8, 4) is 0 Å². The largest absolute Gasteiger partial charge is 0.370 e. The van der Waals surface area contributed by atoms with E-state index in [9.17, 15) is 0 Å². The Labute approximate surface area is 93.1 Å². The van der Waals surface area contributed by atoms with E-state index in [1.807, 2.05) is 0 Å². The van der Waals surface area contributed by atoms with Crippen LogP contribution in [0.15, 0.2) is 4.99 Å². The van der Waals surface area contributed by atoms with Gasteiger partial charge in [-0.15, -0.1) is 0 Å². The van der Waals surface area contributed by atoms with E-state index < -0.39 is 0 Å². The van der Waals surface area contributed by atoms with Crippen molar-refractivity contribution in [2.45, 2.75) is 26.8 Å². The average Bonchev–Trinajstić information content (AvgIpc) is 2.42. The predicted octanol–water partition coefficient (Wildman–Crippen LogP) is 0.593. The molecule has 15 heavy (non-hydrogen) atoms. The van der Waals surface area contributed by atoms with Crippen LogP contribution in [-0.4, -0.2) is 55.5 Å². The van der Waals surface area contributed by atoms with Crippen molar-refractivity contribution in [1.82, 2.24) is 9.80 Å². The first-order valence-electron chi connectivity index (χ1n) is 5.53. The molecule has 1 unspecified atom stereocenters.